The molecule has 3 unspecified atom stereocenters. The third kappa shape index (κ3) is 3.18. The number of hydrogen-bond acceptors (Lipinski definition) is 3. The van der Waals surface area contributed by atoms with Crippen LogP contribution in [-0.2, 0) is 9.53 Å². The summed E-state index contributed by atoms with van der Waals surface area (Å²) in [6, 6.07) is 0.433. The van der Waals surface area contributed by atoms with Gasteiger partial charge in [0.05, 0.1) is 12.2 Å². The van der Waals surface area contributed by atoms with Crippen LogP contribution in [0.3, 0.4) is 0 Å². The Hall–Kier alpha value is -0.610. The van der Waals surface area contributed by atoms with E-state index in [4.69, 9.17) is 4.74 Å². The third-order valence-electron chi connectivity index (χ3n) is 3.22. The average molecular weight is 212 g/mol. The lowest BCUT2D eigenvalue weighted by molar-refractivity contribution is -0.122. The number of amides is 1. The maximum absolute atomic E-state index is 10.9. The molecule has 2 aliphatic rings. The van der Waals surface area contributed by atoms with E-state index in [-0.39, 0.29) is 5.91 Å². The number of ether oxygens (including phenoxy) is 1. The fourth-order valence-electron chi connectivity index (χ4n) is 2.24. The largest absolute Gasteiger partial charge is 0.374 e. The van der Waals surface area contributed by atoms with Crippen molar-refractivity contribution in [1.29, 1.82) is 0 Å². The molecule has 2 heterocycles. The zero-order valence-electron chi connectivity index (χ0n) is 9.29. The number of piperidine rings is 1. The van der Waals surface area contributed by atoms with E-state index in [1.54, 1.807) is 0 Å². The standard InChI is InChI=1S/C11H20N2O2/c1-8-2-4-10(15-8)7-12-9-3-5-11(14)13-6-9/h8-10,12H,2-7H2,1H3,(H,13,14). The minimum atomic E-state index is 0.179. The van der Waals surface area contributed by atoms with Crippen LogP contribution in [0.2, 0.25) is 0 Å². The van der Waals surface area contributed by atoms with Gasteiger partial charge in [0.2, 0.25) is 5.91 Å². The first-order valence-electron chi connectivity index (χ1n) is 5.89. The van der Waals surface area contributed by atoms with Crippen LogP contribution in [-0.4, -0.2) is 37.2 Å². The predicted octanol–water partition coefficient (Wildman–Crippen LogP) is 0.422. The molecule has 4 heteroatoms. The molecule has 0 aliphatic carbocycles. The highest BCUT2D eigenvalue weighted by molar-refractivity contribution is 5.76. The Morgan fingerprint density at radius 2 is 2.33 bits per heavy atom. The van der Waals surface area contributed by atoms with Crippen LogP contribution < -0.4 is 10.6 Å². The monoisotopic (exact) mass is 212 g/mol. The van der Waals surface area contributed by atoms with Gasteiger partial charge in [-0.1, -0.05) is 0 Å². The molecule has 2 rings (SSSR count). The molecule has 3 atom stereocenters. The number of carbonyl (C=O) groups is 1. The van der Waals surface area contributed by atoms with Crippen molar-refractivity contribution in [2.24, 2.45) is 0 Å². The number of carbonyl (C=O) groups excluding carboxylic acids is 1. The number of rotatable bonds is 3. The summed E-state index contributed by atoms with van der Waals surface area (Å²) in [6.07, 6.45) is 4.73. The lowest BCUT2D eigenvalue weighted by Gasteiger charge is -2.25. The molecule has 0 radical (unpaired) electrons. The number of hydrogen-bond donors (Lipinski definition) is 2. The summed E-state index contributed by atoms with van der Waals surface area (Å²) in [6.45, 7) is 3.81. The van der Waals surface area contributed by atoms with Crippen LogP contribution in [0.5, 0.6) is 0 Å². The SMILES string of the molecule is CC1CCC(CNC2CCC(=O)NC2)O1. The van der Waals surface area contributed by atoms with E-state index in [1.807, 2.05) is 0 Å². The maximum Gasteiger partial charge on any atom is 0.220 e. The summed E-state index contributed by atoms with van der Waals surface area (Å²) in [4.78, 5) is 10.9. The van der Waals surface area contributed by atoms with Crippen molar-refractivity contribution in [1.82, 2.24) is 10.6 Å². The van der Waals surface area contributed by atoms with Gasteiger partial charge in [0.25, 0.3) is 0 Å². The van der Waals surface area contributed by atoms with Crippen molar-refractivity contribution in [3.63, 3.8) is 0 Å². The fourth-order valence-corrected chi connectivity index (χ4v) is 2.24. The third-order valence-corrected chi connectivity index (χ3v) is 3.22. The molecule has 0 aromatic heterocycles. The summed E-state index contributed by atoms with van der Waals surface area (Å²) in [7, 11) is 0. The zero-order chi connectivity index (χ0) is 10.7. The van der Waals surface area contributed by atoms with E-state index < -0.39 is 0 Å². The van der Waals surface area contributed by atoms with E-state index in [0.717, 1.165) is 25.9 Å². The molecular formula is C11H20N2O2. The topological polar surface area (TPSA) is 50.4 Å². The van der Waals surface area contributed by atoms with Gasteiger partial charge in [-0.2, -0.15) is 0 Å². The van der Waals surface area contributed by atoms with Gasteiger partial charge in [0.15, 0.2) is 0 Å². The van der Waals surface area contributed by atoms with Crippen molar-refractivity contribution < 1.29 is 9.53 Å². The zero-order valence-corrected chi connectivity index (χ0v) is 9.29. The molecule has 2 saturated heterocycles. The van der Waals surface area contributed by atoms with Gasteiger partial charge in [-0.05, 0) is 26.2 Å². The summed E-state index contributed by atoms with van der Waals surface area (Å²) in [5.41, 5.74) is 0. The van der Waals surface area contributed by atoms with Gasteiger partial charge < -0.3 is 15.4 Å². The summed E-state index contributed by atoms with van der Waals surface area (Å²) in [5, 5.41) is 6.34. The lowest BCUT2D eigenvalue weighted by Crippen LogP contribution is -2.47. The molecule has 0 saturated carbocycles. The normalized spacial score (nSPS) is 36.6. The van der Waals surface area contributed by atoms with E-state index >= 15 is 0 Å². The second-order valence-corrected chi connectivity index (χ2v) is 4.59. The van der Waals surface area contributed by atoms with Crippen LogP contribution in [0.25, 0.3) is 0 Å². The second kappa shape index (κ2) is 4.94. The Bertz CT molecular complexity index is 223. The smallest absolute Gasteiger partial charge is 0.220 e. The van der Waals surface area contributed by atoms with Gasteiger partial charge in [-0.3, -0.25) is 4.79 Å². The molecule has 2 N–H and O–H groups in total. The number of nitrogens with one attached hydrogen (secondary N) is 2. The molecule has 0 aromatic carbocycles. The van der Waals surface area contributed by atoms with Gasteiger partial charge in [0, 0.05) is 25.6 Å². The van der Waals surface area contributed by atoms with Crippen molar-refractivity contribution in [2.75, 3.05) is 13.1 Å². The van der Waals surface area contributed by atoms with E-state index in [0.29, 0.717) is 24.7 Å². The highest BCUT2D eigenvalue weighted by atomic mass is 16.5. The first-order valence-corrected chi connectivity index (χ1v) is 5.89. The quantitative estimate of drug-likeness (QED) is 0.713. The Balaban J connectivity index is 1.63. The molecule has 4 nitrogen and oxygen atoms in total. The van der Waals surface area contributed by atoms with Crippen molar-refractivity contribution in [2.45, 2.75) is 50.9 Å². The Morgan fingerprint density at radius 1 is 1.47 bits per heavy atom. The Labute approximate surface area is 90.8 Å². The van der Waals surface area contributed by atoms with E-state index in [1.165, 1.54) is 6.42 Å². The maximum atomic E-state index is 10.9. The van der Waals surface area contributed by atoms with Crippen LogP contribution in [0.1, 0.15) is 32.6 Å². The molecule has 0 aromatic rings. The van der Waals surface area contributed by atoms with Crippen molar-refractivity contribution >= 4 is 5.91 Å². The Kier molecular flexibility index (Phi) is 3.59. The second-order valence-electron chi connectivity index (χ2n) is 4.59. The van der Waals surface area contributed by atoms with Crippen LogP contribution in [0, 0.1) is 0 Å². The van der Waals surface area contributed by atoms with Crippen molar-refractivity contribution in [3.05, 3.63) is 0 Å². The molecule has 0 bridgehead atoms. The van der Waals surface area contributed by atoms with Gasteiger partial charge in [-0.25, -0.2) is 0 Å². The lowest BCUT2D eigenvalue weighted by atomic mass is 10.1. The van der Waals surface area contributed by atoms with Crippen molar-refractivity contribution in [3.8, 4) is 0 Å². The van der Waals surface area contributed by atoms with Gasteiger partial charge in [0.1, 0.15) is 0 Å². The summed E-state index contributed by atoms with van der Waals surface area (Å²) < 4.78 is 5.72. The molecule has 1 amide bonds. The first-order chi connectivity index (χ1) is 7.24. The molecule has 15 heavy (non-hydrogen) atoms. The van der Waals surface area contributed by atoms with Crippen LogP contribution in [0.15, 0.2) is 0 Å². The van der Waals surface area contributed by atoms with E-state index in [9.17, 15) is 4.79 Å². The van der Waals surface area contributed by atoms with Gasteiger partial charge >= 0.3 is 0 Å². The van der Waals surface area contributed by atoms with Crippen LogP contribution in [0.4, 0.5) is 0 Å². The highest BCUT2D eigenvalue weighted by Gasteiger charge is 2.23. The van der Waals surface area contributed by atoms with E-state index in [2.05, 4.69) is 17.6 Å². The molecule has 0 spiro atoms. The molecule has 2 fully saturated rings. The molecular weight excluding hydrogens is 192 g/mol. The molecule has 2 aliphatic heterocycles. The minimum absolute atomic E-state index is 0.179. The predicted molar refractivity (Wildman–Crippen MR) is 57.6 cm³/mol. The average Bonchev–Trinajstić information content (AvgIpc) is 2.64. The summed E-state index contributed by atoms with van der Waals surface area (Å²) >= 11 is 0. The summed E-state index contributed by atoms with van der Waals surface area (Å²) in [5.74, 6) is 0.179. The first kappa shape index (κ1) is 10.9. The highest BCUT2D eigenvalue weighted by Crippen LogP contribution is 2.18. The molecule has 86 valence electrons. The van der Waals surface area contributed by atoms with Crippen LogP contribution >= 0.6 is 0 Å². The van der Waals surface area contributed by atoms with Gasteiger partial charge in [-0.15, -0.1) is 0 Å². The Morgan fingerprint density at radius 3 is 2.93 bits per heavy atom. The minimum Gasteiger partial charge on any atom is -0.374 e. The fraction of sp³-hybridized carbons (Fsp3) is 0.909.